The molecule has 0 atom stereocenters. The summed E-state index contributed by atoms with van der Waals surface area (Å²) in [5, 5.41) is 8.42. The van der Waals surface area contributed by atoms with Gasteiger partial charge in [-0.3, -0.25) is 0 Å². The monoisotopic (exact) mass is 513 g/mol. The summed E-state index contributed by atoms with van der Waals surface area (Å²) in [4.78, 5) is 5.43. The molecule has 161 valence electrons. The van der Waals surface area contributed by atoms with Crippen molar-refractivity contribution in [1.29, 1.82) is 0 Å². The fraction of sp³-hybridized carbons (Fsp3) is 0.792. The van der Waals surface area contributed by atoms with Crippen LogP contribution in [0.2, 0.25) is 24.9 Å². The van der Waals surface area contributed by atoms with Crippen molar-refractivity contribution in [3.05, 3.63) is 23.4 Å². The van der Waals surface area contributed by atoms with E-state index < -0.39 is 27.2 Å². The summed E-state index contributed by atoms with van der Waals surface area (Å²) in [6.07, 6.45) is 8.06. The Morgan fingerprint density at radius 1 is 0.929 bits per heavy atom. The number of rotatable bonds is 13. The van der Waals surface area contributed by atoms with Gasteiger partial charge in [0.2, 0.25) is 0 Å². The van der Waals surface area contributed by atoms with Crippen LogP contribution in [0.3, 0.4) is 0 Å². The predicted molar refractivity (Wildman–Crippen MR) is 131 cm³/mol. The second-order valence-electron chi connectivity index (χ2n) is 9.78. The summed E-state index contributed by atoms with van der Waals surface area (Å²) < 4.78 is 5.96. The van der Waals surface area contributed by atoms with Crippen LogP contribution in [0.1, 0.15) is 91.3 Å². The number of pyridine rings is 1. The van der Waals surface area contributed by atoms with Crippen LogP contribution in [-0.2, 0) is 12.7 Å². The van der Waals surface area contributed by atoms with Crippen LogP contribution in [0.4, 0.5) is 0 Å². The van der Waals surface area contributed by atoms with Gasteiger partial charge in [0, 0.05) is 0 Å². The third-order valence-corrected chi connectivity index (χ3v) is 25.1. The van der Waals surface area contributed by atoms with E-state index in [1.54, 1.807) is 3.71 Å². The van der Waals surface area contributed by atoms with Crippen molar-refractivity contribution in [2.24, 2.45) is 0 Å². The van der Waals surface area contributed by atoms with Crippen LogP contribution < -0.4 is 3.71 Å². The van der Waals surface area contributed by atoms with Crippen LogP contribution in [0, 0.1) is 0 Å². The second-order valence-corrected chi connectivity index (χ2v) is 26.2. The second kappa shape index (κ2) is 12.7. The molecule has 1 rings (SSSR count). The van der Waals surface area contributed by atoms with Crippen molar-refractivity contribution in [3.8, 4) is 0 Å². The van der Waals surface area contributed by atoms with Crippen LogP contribution in [0.15, 0.2) is 12.1 Å². The summed E-state index contributed by atoms with van der Waals surface area (Å²) in [6, 6.07) is 5.79. The van der Waals surface area contributed by atoms with Gasteiger partial charge in [0.05, 0.1) is 0 Å². The van der Waals surface area contributed by atoms with Crippen LogP contribution in [0.5, 0.6) is 0 Å². The number of unbranched alkanes of at least 4 members (excludes halogenated alkanes) is 3. The Labute approximate surface area is 181 Å². The maximum atomic E-state index is 8.03. The van der Waals surface area contributed by atoms with Gasteiger partial charge >= 0.3 is 182 Å². The minimum atomic E-state index is -2.48. The molecule has 0 aromatic carbocycles. The quantitative estimate of drug-likeness (QED) is 0.224. The topological polar surface area (TPSA) is 35.8 Å². The Morgan fingerprint density at radius 3 is 1.82 bits per heavy atom. The Balaban J connectivity index is 3.35. The maximum absolute atomic E-state index is 8.03. The molecule has 0 fully saturated rings. The summed E-state index contributed by atoms with van der Waals surface area (Å²) in [7, 11) is -0.523. The summed E-state index contributed by atoms with van der Waals surface area (Å²) in [5.41, 5.74) is 2.46. The average molecular weight is 512 g/mol. The molecular formula is C24H47NOSiSn+. The number of aromatic nitrogens is 1. The van der Waals surface area contributed by atoms with E-state index in [0.29, 0.717) is 11.6 Å². The summed E-state index contributed by atoms with van der Waals surface area (Å²) in [6.45, 7) is 17.0. The van der Waals surface area contributed by atoms with Crippen LogP contribution in [0.25, 0.3) is 0 Å². The summed E-state index contributed by atoms with van der Waals surface area (Å²) >= 11 is -2.48. The third kappa shape index (κ3) is 7.75. The van der Waals surface area contributed by atoms with Gasteiger partial charge in [-0.15, -0.1) is 0 Å². The Morgan fingerprint density at radius 2 is 1.43 bits per heavy atom. The van der Waals surface area contributed by atoms with Gasteiger partial charge in [0.25, 0.3) is 0 Å². The van der Waals surface area contributed by atoms with Crippen molar-refractivity contribution in [2.75, 3.05) is 0 Å². The minimum absolute atomic E-state index is 0.378. The fourth-order valence-corrected chi connectivity index (χ4v) is 20.8. The number of nitrogens with zero attached hydrogens (tertiary/aromatic N) is 1. The molecule has 2 N–H and O–H groups in total. The molecular weight excluding hydrogens is 465 g/mol. The zero-order chi connectivity index (χ0) is 21.2. The predicted octanol–water partition coefficient (Wildman–Crippen LogP) is 6.37. The Hall–Kier alpha value is 0.126. The first-order chi connectivity index (χ1) is 13.2. The molecule has 1 aromatic rings. The fourth-order valence-electron chi connectivity index (χ4n) is 3.96. The van der Waals surface area contributed by atoms with Gasteiger partial charge in [-0.25, -0.2) is 0 Å². The van der Waals surface area contributed by atoms with Crippen molar-refractivity contribution >= 4 is 30.9 Å². The van der Waals surface area contributed by atoms with Crippen molar-refractivity contribution in [1.82, 2.24) is 4.98 Å². The van der Waals surface area contributed by atoms with E-state index in [9.17, 15) is 0 Å². The Bertz CT molecular complexity index is 548. The van der Waals surface area contributed by atoms with Gasteiger partial charge in [0.1, 0.15) is 0 Å². The molecule has 0 saturated carbocycles. The molecule has 1 aromatic heterocycles. The molecule has 0 amide bonds. The molecule has 0 unspecified atom stereocenters. The molecule has 0 aliphatic carbocycles. The summed E-state index contributed by atoms with van der Waals surface area (Å²) in [5.74, 6) is 0. The van der Waals surface area contributed by atoms with Gasteiger partial charge < -0.3 is 0 Å². The molecule has 0 aliphatic rings. The third-order valence-electron chi connectivity index (χ3n) is 6.54. The van der Waals surface area contributed by atoms with E-state index in [1.807, 2.05) is 0 Å². The SMILES string of the molecule is CCC[CH2][Sn]([CH2]CCC)([CH2]CCC)[c]1ccc(C[OH2+])c(C[Si](C)C(C)(C)C)n1. The number of hydrogen-bond acceptors (Lipinski definition) is 1. The van der Waals surface area contributed by atoms with Gasteiger partial charge in [0.15, 0.2) is 0 Å². The molecule has 2 nitrogen and oxygen atoms in total. The standard InChI is InChI=1S/C12H19NOSi.3C4H9.Sn/c1-12(2,3)15(4)9-11-10(8-14)6-5-7-13-11;3*1-3-4-2;/h5-6,14H,8-9H2,1-4H3;3*1,3-4H2,2H3;/p+1. The zero-order valence-corrected chi connectivity index (χ0v) is 23.7. The molecule has 0 saturated heterocycles. The normalized spacial score (nSPS) is 12.8. The van der Waals surface area contributed by atoms with E-state index in [0.717, 1.165) is 6.04 Å². The molecule has 0 spiro atoms. The molecule has 0 aliphatic heterocycles. The average Bonchev–Trinajstić information content (AvgIpc) is 2.67. The molecule has 0 bridgehead atoms. The van der Waals surface area contributed by atoms with Gasteiger partial charge in [-0.05, 0) is 0 Å². The van der Waals surface area contributed by atoms with Crippen molar-refractivity contribution < 1.29 is 5.11 Å². The van der Waals surface area contributed by atoms with Crippen LogP contribution >= 0.6 is 0 Å². The van der Waals surface area contributed by atoms with Crippen LogP contribution in [-0.4, -0.2) is 37.3 Å². The molecule has 28 heavy (non-hydrogen) atoms. The first-order valence-electron chi connectivity index (χ1n) is 11.7. The Kier molecular flexibility index (Phi) is 11.9. The van der Waals surface area contributed by atoms with E-state index >= 15 is 0 Å². The van der Waals surface area contributed by atoms with Crippen molar-refractivity contribution in [3.63, 3.8) is 0 Å². The van der Waals surface area contributed by atoms with E-state index in [2.05, 4.69) is 60.2 Å². The van der Waals surface area contributed by atoms with E-state index in [-0.39, 0.29) is 0 Å². The first kappa shape index (κ1) is 26.2. The first-order valence-corrected chi connectivity index (χ1v) is 21.4. The molecule has 1 heterocycles. The van der Waals surface area contributed by atoms with E-state index in [1.165, 1.54) is 63.1 Å². The van der Waals surface area contributed by atoms with E-state index in [4.69, 9.17) is 10.1 Å². The number of hydrogen-bond donors (Lipinski definition) is 0. The van der Waals surface area contributed by atoms with Gasteiger partial charge in [-0.1, -0.05) is 0 Å². The van der Waals surface area contributed by atoms with Crippen molar-refractivity contribution in [2.45, 2.75) is 118 Å². The van der Waals surface area contributed by atoms with Gasteiger partial charge in [-0.2, -0.15) is 0 Å². The molecule has 4 heteroatoms. The zero-order valence-electron chi connectivity index (χ0n) is 19.9. The molecule has 1 radical (unpaired) electrons.